The van der Waals surface area contributed by atoms with E-state index >= 15 is 0 Å². The van der Waals surface area contributed by atoms with Gasteiger partial charge in [0.25, 0.3) is 10.0 Å². The van der Waals surface area contributed by atoms with Crippen molar-refractivity contribution in [2.75, 3.05) is 7.05 Å². The van der Waals surface area contributed by atoms with E-state index in [0.29, 0.717) is 10.8 Å². The van der Waals surface area contributed by atoms with Gasteiger partial charge >= 0.3 is 0 Å². The van der Waals surface area contributed by atoms with Gasteiger partial charge in [0.2, 0.25) is 0 Å². The van der Waals surface area contributed by atoms with E-state index in [1.165, 1.54) is 11.3 Å². The number of thiophene rings is 2. The minimum Gasteiger partial charge on any atom is -0.315 e. The zero-order valence-corrected chi connectivity index (χ0v) is 13.2. The minimum atomic E-state index is -3.44. The van der Waals surface area contributed by atoms with Gasteiger partial charge in [0.1, 0.15) is 4.21 Å². The van der Waals surface area contributed by atoms with Crippen molar-refractivity contribution < 1.29 is 8.42 Å². The van der Waals surface area contributed by atoms with Crippen LogP contribution >= 0.6 is 22.7 Å². The number of hydrogen-bond donors (Lipinski definition) is 2. The van der Waals surface area contributed by atoms with Gasteiger partial charge < -0.3 is 5.32 Å². The predicted molar refractivity (Wildman–Crippen MR) is 80.1 cm³/mol. The zero-order chi connectivity index (χ0) is 13.9. The zero-order valence-electron chi connectivity index (χ0n) is 10.7. The van der Waals surface area contributed by atoms with Crippen molar-refractivity contribution in [1.29, 1.82) is 0 Å². The van der Waals surface area contributed by atoms with Crippen LogP contribution < -0.4 is 10.0 Å². The molecule has 0 saturated carbocycles. The number of sulfonamides is 1. The fourth-order valence-electron chi connectivity index (χ4n) is 1.66. The van der Waals surface area contributed by atoms with Crippen molar-refractivity contribution in [3.8, 4) is 0 Å². The molecule has 0 fully saturated rings. The maximum Gasteiger partial charge on any atom is 0.250 e. The normalized spacial score (nSPS) is 13.6. The molecule has 2 heterocycles. The summed E-state index contributed by atoms with van der Waals surface area (Å²) in [6, 6.07) is 7.13. The van der Waals surface area contributed by atoms with E-state index in [4.69, 9.17) is 0 Å². The van der Waals surface area contributed by atoms with Crippen LogP contribution in [-0.4, -0.2) is 15.5 Å². The predicted octanol–water partition coefficient (Wildman–Crippen LogP) is 2.57. The van der Waals surface area contributed by atoms with Crippen molar-refractivity contribution in [1.82, 2.24) is 10.0 Å². The lowest BCUT2D eigenvalue weighted by atomic mass is 10.3. The third-order valence-electron chi connectivity index (χ3n) is 2.55. The van der Waals surface area contributed by atoms with Crippen LogP contribution in [-0.2, 0) is 16.6 Å². The Hall–Kier alpha value is -0.730. The van der Waals surface area contributed by atoms with Crippen LogP contribution in [0.25, 0.3) is 0 Å². The van der Waals surface area contributed by atoms with Gasteiger partial charge in [-0.25, -0.2) is 13.1 Å². The molecule has 2 rings (SSSR count). The summed E-state index contributed by atoms with van der Waals surface area (Å²) in [6.07, 6.45) is 0. The molecular weight excluding hydrogens is 300 g/mol. The molecule has 7 heteroatoms. The molecule has 104 valence electrons. The molecule has 4 nitrogen and oxygen atoms in total. The number of nitrogens with one attached hydrogen (secondary N) is 2. The molecule has 0 bridgehead atoms. The van der Waals surface area contributed by atoms with Crippen LogP contribution in [0.15, 0.2) is 33.9 Å². The molecule has 1 unspecified atom stereocenters. The Kier molecular flexibility index (Phi) is 4.75. The van der Waals surface area contributed by atoms with E-state index in [-0.39, 0.29) is 6.04 Å². The minimum absolute atomic E-state index is 0.208. The molecule has 0 aromatic carbocycles. The maximum atomic E-state index is 12.2. The summed E-state index contributed by atoms with van der Waals surface area (Å²) in [5.74, 6) is 0. The Morgan fingerprint density at radius 2 is 2.11 bits per heavy atom. The maximum absolute atomic E-state index is 12.2. The fourth-order valence-corrected chi connectivity index (χ4v) is 5.07. The van der Waals surface area contributed by atoms with Crippen LogP contribution in [0.2, 0.25) is 0 Å². The van der Waals surface area contributed by atoms with Crippen molar-refractivity contribution in [2.45, 2.75) is 23.7 Å². The molecule has 0 amide bonds. The highest BCUT2D eigenvalue weighted by Gasteiger charge is 2.20. The summed E-state index contributed by atoms with van der Waals surface area (Å²) in [6.45, 7) is 2.53. The monoisotopic (exact) mass is 316 g/mol. The molecular formula is C12H16N2O2S3. The molecule has 0 spiro atoms. The van der Waals surface area contributed by atoms with Crippen LogP contribution in [0.3, 0.4) is 0 Å². The summed E-state index contributed by atoms with van der Waals surface area (Å²) in [5, 5.41) is 4.95. The van der Waals surface area contributed by atoms with E-state index in [9.17, 15) is 8.42 Å². The van der Waals surface area contributed by atoms with E-state index in [1.54, 1.807) is 17.4 Å². The number of hydrogen-bond acceptors (Lipinski definition) is 5. The Labute approximate surface area is 121 Å². The Bertz CT molecular complexity index is 617. The highest BCUT2D eigenvalue weighted by Crippen LogP contribution is 2.25. The first kappa shape index (κ1) is 14.7. The second-order valence-corrected chi connectivity index (χ2v) is 8.20. The van der Waals surface area contributed by atoms with Crippen LogP contribution in [0.5, 0.6) is 0 Å². The molecule has 0 radical (unpaired) electrons. The molecule has 0 aliphatic carbocycles. The summed E-state index contributed by atoms with van der Waals surface area (Å²) in [5.41, 5.74) is 0. The largest absolute Gasteiger partial charge is 0.315 e. The summed E-state index contributed by atoms with van der Waals surface area (Å²) >= 11 is 2.84. The first-order valence-corrected chi connectivity index (χ1v) is 9.00. The van der Waals surface area contributed by atoms with Gasteiger partial charge in [-0.3, -0.25) is 0 Å². The van der Waals surface area contributed by atoms with E-state index in [1.807, 2.05) is 37.6 Å². The third kappa shape index (κ3) is 3.64. The van der Waals surface area contributed by atoms with Crippen molar-refractivity contribution in [3.05, 3.63) is 39.4 Å². The standard InChI is InChI=1S/C12H16N2O2S3/c1-9(11-4-3-7-17-11)14-19(15,16)12-6-5-10(18-12)8-13-2/h3-7,9,13-14H,8H2,1-2H3. The fraction of sp³-hybridized carbons (Fsp3) is 0.333. The summed E-state index contributed by atoms with van der Waals surface area (Å²) in [7, 11) is -1.60. The lowest BCUT2D eigenvalue weighted by Gasteiger charge is -2.11. The third-order valence-corrected chi connectivity index (χ3v) is 6.73. The molecule has 19 heavy (non-hydrogen) atoms. The molecule has 0 aliphatic rings. The average Bonchev–Trinajstić information content (AvgIpc) is 2.99. The van der Waals surface area contributed by atoms with Crippen molar-refractivity contribution >= 4 is 32.7 Å². The second kappa shape index (κ2) is 6.15. The van der Waals surface area contributed by atoms with Crippen molar-refractivity contribution in [2.24, 2.45) is 0 Å². The van der Waals surface area contributed by atoms with Gasteiger partial charge in [0, 0.05) is 16.3 Å². The SMILES string of the molecule is CNCc1ccc(S(=O)(=O)NC(C)c2cccs2)s1. The molecule has 2 aromatic rings. The van der Waals surface area contributed by atoms with Crippen LogP contribution in [0.4, 0.5) is 0 Å². The van der Waals surface area contributed by atoms with E-state index < -0.39 is 10.0 Å². The smallest absolute Gasteiger partial charge is 0.250 e. The Morgan fingerprint density at radius 1 is 1.32 bits per heavy atom. The highest BCUT2D eigenvalue weighted by molar-refractivity contribution is 7.91. The summed E-state index contributed by atoms with van der Waals surface area (Å²) in [4.78, 5) is 2.02. The molecule has 1 atom stereocenters. The van der Waals surface area contributed by atoms with Gasteiger partial charge in [0.15, 0.2) is 0 Å². The molecule has 2 aromatic heterocycles. The first-order chi connectivity index (χ1) is 9.03. The lowest BCUT2D eigenvalue weighted by molar-refractivity contribution is 0.570. The van der Waals surface area contributed by atoms with Gasteiger partial charge in [-0.2, -0.15) is 0 Å². The first-order valence-electron chi connectivity index (χ1n) is 5.82. The van der Waals surface area contributed by atoms with Gasteiger partial charge in [-0.05, 0) is 37.6 Å². The lowest BCUT2D eigenvalue weighted by Crippen LogP contribution is -2.25. The average molecular weight is 316 g/mol. The van der Waals surface area contributed by atoms with E-state index in [2.05, 4.69) is 10.0 Å². The second-order valence-electron chi connectivity index (χ2n) is 4.11. The van der Waals surface area contributed by atoms with Gasteiger partial charge in [0.05, 0.1) is 6.04 Å². The molecule has 0 aliphatic heterocycles. The molecule has 2 N–H and O–H groups in total. The van der Waals surface area contributed by atoms with Gasteiger partial charge in [-0.15, -0.1) is 22.7 Å². The van der Waals surface area contributed by atoms with Crippen LogP contribution in [0.1, 0.15) is 22.7 Å². The van der Waals surface area contributed by atoms with Crippen molar-refractivity contribution in [3.63, 3.8) is 0 Å². The quantitative estimate of drug-likeness (QED) is 0.861. The topological polar surface area (TPSA) is 58.2 Å². The number of rotatable bonds is 6. The Balaban J connectivity index is 2.13. The Morgan fingerprint density at radius 3 is 2.74 bits per heavy atom. The van der Waals surface area contributed by atoms with Gasteiger partial charge in [-0.1, -0.05) is 6.07 Å². The summed E-state index contributed by atoms with van der Waals surface area (Å²) < 4.78 is 27.5. The highest BCUT2D eigenvalue weighted by atomic mass is 32.2. The van der Waals surface area contributed by atoms with Crippen LogP contribution in [0, 0.1) is 0 Å². The van der Waals surface area contributed by atoms with E-state index in [0.717, 1.165) is 9.75 Å². The molecule has 0 saturated heterocycles.